The minimum Gasteiger partial charge on any atom is -0.235 e. The number of halogens is 2. The first-order chi connectivity index (χ1) is 6.18. The Hall–Kier alpha value is -1.29. The van der Waals surface area contributed by atoms with Crippen molar-refractivity contribution in [3.05, 3.63) is 29.1 Å². The van der Waals surface area contributed by atoms with Crippen LogP contribution in [0.15, 0.2) is 12.4 Å². The zero-order valence-electron chi connectivity index (χ0n) is 6.75. The van der Waals surface area contributed by atoms with E-state index in [0.717, 1.165) is 0 Å². The van der Waals surface area contributed by atoms with E-state index in [2.05, 4.69) is 15.0 Å². The van der Waals surface area contributed by atoms with E-state index in [1.54, 1.807) is 13.0 Å². The smallest absolute Gasteiger partial charge is 0.216 e. The molecule has 0 saturated carbocycles. The van der Waals surface area contributed by atoms with Gasteiger partial charge in [-0.3, -0.25) is 0 Å². The van der Waals surface area contributed by atoms with Gasteiger partial charge in [-0.05, 0) is 13.0 Å². The van der Waals surface area contributed by atoms with Crippen molar-refractivity contribution in [2.75, 3.05) is 0 Å². The standard InChI is InChI=1S/C8H5ClFN3/c1-4-2-5-6(13-8(4)10)7(9)12-3-11-5/h2-3H,1H3. The Labute approximate surface area is 78.6 Å². The SMILES string of the molecule is Cc1cc2ncnc(Cl)c2nc1F. The third-order valence-electron chi connectivity index (χ3n) is 1.69. The summed E-state index contributed by atoms with van der Waals surface area (Å²) >= 11 is 5.70. The largest absolute Gasteiger partial charge is 0.235 e. The van der Waals surface area contributed by atoms with Crippen LogP contribution in [0.4, 0.5) is 4.39 Å². The third-order valence-corrected chi connectivity index (χ3v) is 1.97. The van der Waals surface area contributed by atoms with E-state index in [4.69, 9.17) is 11.6 Å². The Morgan fingerprint density at radius 1 is 1.38 bits per heavy atom. The minimum absolute atomic E-state index is 0.170. The molecule has 13 heavy (non-hydrogen) atoms. The Morgan fingerprint density at radius 3 is 2.92 bits per heavy atom. The van der Waals surface area contributed by atoms with Crippen molar-refractivity contribution in [3.63, 3.8) is 0 Å². The number of aryl methyl sites for hydroxylation is 1. The van der Waals surface area contributed by atoms with Gasteiger partial charge in [0.15, 0.2) is 5.15 Å². The molecule has 5 heteroatoms. The van der Waals surface area contributed by atoms with Crippen LogP contribution in [0.5, 0.6) is 0 Å². The Bertz CT molecular complexity index is 472. The van der Waals surface area contributed by atoms with Crippen LogP contribution in [0.3, 0.4) is 0 Å². The number of pyridine rings is 1. The van der Waals surface area contributed by atoms with Crippen LogP contribution in [0, 0.1) is 12.9 Å². The quantitative estimate of drug-likeness (QED) is 0.480. The fraction of sp³-hybridized carbons (Fsp3) is 0.125. The highest BCUT2D eigenvalue weighted by atomic mass is 35.5. The molecule has 0 radical (unpaired) electrons. The van der Waals surface area contributed by atoms with Crippen LogP contribution < -0.4 is 0 Å². The summed E-state index contributed by atoms with van der Waals surface area (Å²) < 4.78 is 13.0. The average molecular weight is 198 g/mol. The van der Waals surface area contributed by atoms with Gasteiger partial charge in [0, 0.05) is 5.56 Å². The first-order valence-corrected chi connectivity index (χ1v) is 3.99. The van der Waals surface area contributed by atoms with E-state index in [9.17, 15) is 4.39 Å². The number of aromatic nitrogens is 3. The molecule has 0 unspecified atom stereocenters. The topological polar surface area (TPSA) is 38.7 Å². The van der Waals surface area contributed by atoms with E-state index < -0.39 is 5.95 Å². The molecule has 2 rings (SSSR count). The predicted octanol–water partition coefficient (Wildman–Crippen LogP) is 2.13. The van der Waals surface area contributed by atoms with Gasteiger partial charge in [0.05, 0.1) is 5.52 Å². The van der Waals surface area contributed by atoms with E-state index in [1.807, 2.05) is 0 Å². The fourth-order valence-electron chi connectivity index (χ4n) is 1.03. The molecule has 0 bridgehead atoms. The molecule has 0 aromatic carbocycles. The molecule has 0 fully saturated rings. The highest BCUT2D eigenvalue weighted by Crippen LogP contribution is 2.18. The number of nitrogens with zero attached hydrogens (tertiary/aromatic N) is 3. The van der Waals surface area contributed by atoms with Crippen LogP contribution in [0.1, 0.15) is 5.56 Å². The molecule has 0 amide bonds. The zero-order valence-corrected chi connectivity index (χ0v) is 7.51. The third kappa shape index (κ3) is 1.33. The molecule has 0 spiro atoms. The molecular weight excluding hydrogens is 193 g/mol. The molecule has 0 aliphatic heterocycles. The lowest BCUT2D eigenvalue weighted by molar-refractivity contribution is 0.579. The predicted molar refractivity (Wildman–Crippen MR) is 47.0 cm³/mol. The monoisotopic (exact) mass is 197 g/mol. The van der Waals surface area contributed by atoms with Crippen molar-refractivity contribution in [3.8, 4) is 0 Å². The van der Waals surface area contributed by atoms with Crippen molar-refractivity contribution in [1.82, 2.24) is 15.0 Å². The maximum absolute atomic E-state index is 13.0. The molecule has 2 aromatic heterocycles. The molecule has 0 N–H and O–H groups in total. The van der Waals surface area contributed by atoms with Gasteiger partial charge < -0.3 is 0 Å². The van der Waals surface area contributed by atoms with Crippen LogP contribution >= 0.6 is 11.6 Å². The van der Waals surface area contributed by atoms with Crippen molar-refractivity contribution in [2.45, 2.75) is 6.92 Å². The minimum atomic E-state index is -0.538. The number of hydrogen-bond acceptors (Lipinski definition) is 3. The van der Waals surface area contributed by atoms with Crippen molar-refractivity contribution in [1.29, 1.82) is 0 Å². The molecule has 0 saturated heterocycles. The van der Waals surface area contributed by atoms with E-state index in [0.29, 0.717) is 16.6 Å². The summed E-state index contributed by atoms with van der Waals surface area (Å²) in [6.07, 6.45) is 1.32. The fourth-order valence-corrected chi connectivity index (χ4v) is 1.21. The number of hydrogen-bond donors (Lipinski definition) is 0. The molecule has 66 valence electrons. The van der Waals surface area contributed by atoms with Crippen LogP contribution in [0.25, 0.3) is 11.0 Å². The number of fused-ring (bicyclic) bond motifs is 1. The second-order valence-electron chi connectivity index (χ2n) is 2.63. The van der Waals surface area contributed by atoms with Crippen LogP contribution in [0.2, 0.25) is 5.15 Å². The molecule has 2 aromatic rings. The van der Waals surface area contributed by atoms with Crippen LogP contribution in [-0.2, 0) is 0 Å². The van der Waals surface area contributed by atoms with Gasteiger partial charge in [0.25, 0.3) is 0 Å². The van der Waals surface area contributed by atoms with Gasteiger partial charge in [0.2, 0.25) is 5.95 Å². The molecule has 2 heterocycles. The maximum atomic E-state index is 13.0. The summed E-state index contributed by atoms with van der Waals surface area (Å²) in [6.45, 7) is 1.62. The van der Waals surface area contributed by atoms with E-state index in [1.165, 1.54) is 6.33 Å². The van der Waals surface area contributed by atoms with Crippen LogP contribution in [-0.4, -0.2) is 15.0 Å². The maximum Gasteiger partial charge on any atom is 0.216 e. The van der Waals surface area contributed by atoms with Gasteiger partial charge in [-0.15, -0.1) is 0 Å². The van der Waals surface area contributed by atoms with Gasteiger partial charge in [-0.25, -0.2) is 15.0 Å². The summed E-state index contributed by atoms with van der Waals surface area (Å²) in [5, 5.41) is 0.170. The molecular formula is C8H5ClFN3. The first kappa shape index (κ1) is 8.31. The Kier molecular flexibility index (Phi) is 1.84. The number of rotatable bonds is 0. The van der Waals surface area contributed by atoms with Gasteiger partial charge in [-0.1, -0.05) is 11.6 Å². The summed E-state index contributed by atoms with van der Waals surface area (Å²) in [5.41, 5.74) is 1.30. The zero-order chi connectivity index (χ0) is 9.42. The van der Waals surface area contributed by atoms with Crippen molar-refractivity contribution < 1.29 is 4.39 Å². The van der Waals surface area contributed by atoms with Crippen molar-refractivity contribution in [2.24, 2.45) is 0 Å². The lowest BCUT2D eigenvalue weighted by atomic mass is 10.3. The second kappa shape index (κ2) is 2.88. The molecule has 3 nitrogen and oxygen atoms in total. The lowest BCUT2D eigenvalue weighted by Crippen LogP contribution is -1.93. The Balaban J connectivity index is 2.89. The van der Waals surface area contributed by atoms with Gasteiger partial charge >= 0.3 is 0 Å². The highest BCUT2D eigenvalue weighted by molar-refractivity contribution is 6.33. The summed E-state index contributed by atoms with van der Waals surface area (Å²) in [6, 6.07) is 1.59. The van der Waals surface area contributed by atoms with Gasteiger partial charge in [-0.2, -0.15) is 4.39 Å². The average Bonchev–Trinajstić information content (AvgIpc) is 2.09. The molecule has 0 atom stereocenters. The second-order valence-corrected chi connectivity index (χ2v) is 2.99. The van der Waals surface area contributed by atoms with Gasteiger partial charge in [0.1, 0.15) is 11.8 Å². The summed E-state index contributed by atoms with van der Waals surface area (Å²) in [7, 11) is 0. The highest BCUT2D eigenvalue weighted by Gasteiger charge is 2.06. The summed E-state index contributed by atoms with van der Waals surface area (Å²) in [4.78, 5) is 11.3. The van der Waals surface area contributed by atoms with E-state index >= 15 is 0 Å². The first-order valence-electron chi connectivity index (χ1n) is 3.62. The Morgan fingerprint density at radius 2 is 2.15 bits per heavy atom. The summed E-state index contributed by atoms with van der Waals surface area (Å²) in [5.74, 6) is -0.538. The normalized spacial score (nSPS) is 10.7. The molecule has 0 aliphatic rings. The lowest BCUT2D eigenvalue weighted by Gasteiger charge is -1.99. The van der Waals surface area contributed by atoms with E-state index in [-0.39, 0.29) is 5.15 Å². The molecule has 0 aliphatic carbocycles. The van der Waals surface area contributed by atoms with Crippen molar-refractivity contribution >= 4 is 22.6 Å².